The molecule has 2 nitrogen and oxygen atoms in total. The highest BCUT2D eigenvalue weighted by Crippen LogP contribution is 2.28. The Kier molecular flexibility index (Phi) is 6.35. The molecule has 1 aliphatic heterocycles. The molecule has 106 valence electrons. The van der Waals surface area contributed by atoms with Crippen molar-refractivity contribution in [3.05, 3.63) is 34.3 Å². The van der Waals surface area contributed by atoms with Crippen LogP contribution < -0.4 is 5.32 Å². The number of ether oxygens (including phenoxy) is 1. The topological polar surface area (TPSA) is 21.3 Å². The molecule has 1 heterocycles. The van der Waals surface area contributed by atoms with Crippen LogP contribution in [0.5, 0.6) is 0 Å². The maximum Gasteiger partial charge on any atom is 0.0582 e. The smallest absolute Gasteiger partial charge is 0.0582 e. The van der Waals surface area contributed by atoms with Crippen LogP contribution in [0.15, 0.2) is 28.7 Å². The van der Waals surface area contributed by atoms with Gasteiger partial charge in [0.15, 0.2) is 0 Å². The van der Waals surface area contributed by atoms with Crippen molar-refractivity contribution in [2.75, 3.05) is 19.7 Å². The van der Waals surface area contributed by atoms with Crippen LogP contribution in [0.4, 0.5) is 0 Å². The van der Waals surface area contributed by atoms with Crippen LogP contribution in [0.1, 0.15) is 44.1 Å². The first-order valence-corrected chi connectivity index (χ1v) is 8.16. The molecule has 0 spiro atoms. The van der Waals surface area contributed by atoms with Gasteiger partial charge in [-0.3, -0.25) is 0 Å². The number of hydrogen-bond acceptors (Lipinski definition) is 2. The first-order chi connectivity index (χ1) is 9.29. The van der Waals surface area contributed by atoms with Crippen molar-refractivity contribution < 1.29 is 4.74 Å². The van der Waals surface area contributed by atoms with Gasteiger partial charge in [-0.25, -0.2) is 0 Å². The summed E-state index contributed by atoms with van der Waals surface area (Å²) in [5.41, 5.74) is 1.41. The average molecular weight is 326 g/mol. The predicted molar refractivity (Wildman–Crippen MR) is 83.6 cm³/mol. The SMILES string of the molecule is CCCNCC(CC1CCCO1)c1cccc(Br)c1. The van der Waals surface area contributed by atoms with E-state index in [2.05, 4.69) is 52.4 Å². The number of halogens is 1. The third kappa shape index (κ3) is 4.90. The summed E-state index contributed by atoms with van der Waals surface area (Å²) in [6.45, 7) is 5.29. The zero-order chi connectivity index (χ0) is 13.5. The summed E-state index contributed by atoms with van der Waals surface area (Å²) in [5.74, 6) is 0.548. The fourth-order valence-corrected chi connectivity index (χ4v) is 3.12. The largest absolute Gasteiger partial charge is 0.378 e. The standard InChI is InChI=1S/C16H24BrNO/c1-2-8-18-12-14(11-16-7-4-9-19-16)13-5-3-6-15(17)10-13/h3,5-6,10,14,16,18H,2,4,7-9,11-12H2,1H3. The highest BCUT2D eigenvalue weighted by Gasteiger charge is 2.21. The van der Waals surface area contributed by atoms with E-state index in [1.54, 1.807) is 0 Å². The highest BCUT2D eigenvalue weighted by atomic mass is 79.9. The molecule has 1 aliphatic rings. The molecule has 1 aromatic rings. The second-order valence-corrected chi connectivity index (χ2v) is 6.24. The zero-order valence-corrected chi connectivity index (χ0v) is 13.3. The summed E-state index contributed by atoms with van der Waals surface area (Å²) >= 11 is 3.57. The quantitative estimate of drug-likeness (QED) is 0.762. The van der Waals surface area contributed by atoms with Crippen LogP contribution in [0, 0.1) is 0 Å². The fraction of sp³-hybridized carbons (Fsp3) is 0.625. The third-order valence-corrected chi connectivity index (χ3v) is 4.20. The van der Waals surface area contributed by atoms with E-state index in [-0.39, 0.29) is 0 Å². The van der Waals surface area contributed by atoms with Gasteiger partial charge in [0.1, 0.15) is 0 Å². The maximum atomic E-state index is 5.80. The van der Waals surface area contributed by atoms with Gasteiger partial charge in [-0.2, -0.15) is 0 Å². The van der Waals surface area contributed by atoms with Crippen molar-refractivity contribution in [2.45, 2.75) is 44.6 Å². The fourth-order valence-electron chi connectivity index (χ4n) is 2.70. The van der Waals surface area contributed by atoms with Crippen molar-refractivity contribution in [2.24, 2.45) is 0 Å². The second-order valence-electron chi connectivity index (χ2n) is 5.33. The molecule has 19 heavy (non-hydrogen) atoms. The van der Waals surface area contributed by atoms with E-state index < -0.39 is 0 Å². The minimum absolute atomic E-state index is 0.451. The zero-order valence-electron chi connectivity index (χ0n) is 11.7. The molecule has 2 atom stereocenters. The third-order valence-electron chi connectivity index (χ3n) is 3.71. The van der Waals surface area contributed by atoms with Gasteiger partial charge in [0.25, 0.3) is 0 Å². The first-order valence-electron chi connectivity index (χ1n) is 7.37. The molecule has 2 unspecified atom stereocenters. The number of benzene rings is 1. The van der Waals surface area contributed by atoms with Gasteiger partial charge < -0.3 is 10.1 Å². The lowest BCUT2D eigenvalue weighted by molar-refractivity contribution is 0.0977. The van der Waals surface area contributed by atoms with Crippen LogP contribution in [0.3, 0.4) is 0 Å². The van der Waals surface area contributed by atoms with Crippen molar-refractivity contribution in [1.82, 2.24) is 5.32 Å². The van der Waals surface area contributed by atoms with Crippen LogP contribution >= 0.6 is 15.9 Å². The molecule has 1 N–H and O–H groups in total. The summed E-state index contributed by atoms with van der Waals surface area (Å²) in [6.07, 6.45) is 5.21. The van der Waals surface area contributed by atoms with Gasteiger partial charge in [0, 0.05) is 17.6 Å². The van der Waals surface area contributed by atoms with E-state index in [9.17, 15) is 0 Å². The summed E-state index contributed by atoms with van der Waals surface area (Å²) < 4.78 is 6.97. The summed E-state index contributed by atoms with van der Waals surface area (Å²) in [4.78, 5) is 0. The van der Waals surface area contributed by atoms with E-state index in [0.29, 0.717) is 12.0 Å². The van der Waals surface area contributed by atoms with Gasteiger partial charge in [0.2, 0.25) is 0 Å². The second kappa shape index (κ2) is 8.03. The van der Waals surface area contributed by atoms with Crippen molar-refractivity contribution in [3.63, 3.8) is 0 Å². The Morgan fingerprint density at radius 2 is 2.37 bits per heavy atom. The molecule has 2 rings (SSSR count). The number of nitrogens with one attached hydrogen (secondary N) is 1. The molecule has 0 radical (unpaired) electrons. The summed E-state index contributed by atoms with van der Waals surface area (Å²) in [7, 11) is 0. The van der Waals surface area contributed by atoms with Gasteiger partial charge in [-0.05, 0) is 55.8 Å². The molecule has 3 heteroatoms. The minimum Gasteiger partial charge on any atom is -0.378 e. The van der Waals surface area contributed by atoms with Crippen molar-refractivity contribution in [1.29, 1.82) is 0 Å². The van der Waals surface area contributed by atoms with Crippen LogP contribution in [0.25, 0.3) is 0 Å². The Morgan fingerprint density at radius 1 is 1.47 bits per heavy atom. The predicted octanol–water partition coefficient (Wildman–Crippen LogP) is 4.10. The molecule has 0 saturated carbocycles. The number of rotatable bonds is 7. The monoisotopic (exact) mass is 325 g/mol. The Bertz CT molecular complexity index is 377. The van der Waals surface area contributed by atoms with Gasteiger partial charge in [0.05, 0.1) is 6.10 Å². The van der Waals surface area contributed by atoms with Crippen LogP contribution in [0.2, 0.25) is 0 Å². The van der Waals surface area contributed by atoms with Gasteiger partial charge in [-0.1, -0.05) is 35.0 Å². The van der Waals surface area contributed by atoms with Crippen molar-refractivity contribution >= 4 is 15.9 Å². The lowest BCUT2D eigenvalue weighted by atomic mass is 9.92. The Morgan fingerprint density at radius 3 is 3.05 bits per heavy atom. The lowest BCUT2D eigenvalue weighted by Gasteiger charge is -2.21. The molecule has 0 bridgehead atoms. The van der Waals surface area contributed by atoms with E-state index in [0.717, 1.165) is 30.6 Å². The molecule has 1 saturated heterocycles. The first kappa shape index (κ1) is 15.0. The normalized spacial score (nSPS) is 20.6. The van der Waals surface area contributed by atoms with Crippen molar-refractivity contribution in [3.8, 4) is 0 Å². The molecular weight excluding hydrogens is 302 g/mol. The molecule has 0 aliphatic carbocycles. The van der Waals surface area contributed by atoms with Crippen LogP contribution in [-0.2, 0) is 4.74 Å². The summed E-state index contributed by atoms with van der Waals surface area (Å²) in [6, 6.07) is 8.69. The molecule has 1 fully saturated rings. The molecule has 0 amide bonds. The summed E-state index contributed by atoms with van der Waals surface area (Å²) in [5, 5.41) is 3.56. The Hall–Kier alpha value is -0.380. The maximum absolute atomic E-state index is 5.80. The highest BCUT2D eigenvalue weighted by molar-refractivity contribution is 9.10. The molecule has 0 aromatic heterocycles. The molecular formula is C16H24BrNO. The average Bonchev–Trinajstić information content (AvgIpc) is 2.91. The van der Waals surface area contributed by atoms with Gasteiger partial charge >= 0.3 is 0 Å². The molecule has 1 aromatic carbocycles. The van der Waals surface area contributed by atoms with E-state index in [4.69, 9.17) is 4.74 Å². The Labute approximate surface area is 125 Å². The van der Waals surface area contributed by atoms with Crippen LogP contribution in [-0.4, -0.2) is 25.8 Å². The van der Waals surface area contributed by atoms with Gasteiger partial charge in [-0.15, -0.1) is 0 Å². The van der Waals surface area contributed by atoms with E-state index >= 15 is 0 Å². The lowest BCUT2D eigenvalue weighted by Crippen LogP contribution is -2.25. The Balaban J connectivity index is 1.99. The number of hydrogen-bond donors (Lipinski definition) is 1. The minimum atomic E-state index is 0.451. The van der Waals surface area contributed by atoms with E-state index in [1.807, 2.05) is 0 Å². The van der Waals surface area contributed by atoms with E-state index in [1.165, 1.54) is 24.8 Å².